The van der Waals surface area contributed by atoms with Gasteiger partial charge in [0.25, 0.3) is 0 Å². The molecule has 1 aromatic carbocycles. The van der Waals surface area contributed by atoms with Crippen LogP contribution in [-0.2, 0) is 6.54 Å². The normalized spacial score (nSPS) is 19.4. The number of hydrogen-bond acceptors (Lipinski definition) is 2. The number of likely N-dealkylation sites (tertiary alicyclic amines) is 1. The first-order valence-electron chi connectivity index (χ1n) is 5.38. The Morgan fingerprint density at radius 2 is 2.06 bits per heavy atom. The Morgan fingerprint density at radius 3 is 2.62 bits per heavy atom. The van der Waals surface area contributed by atoms with Crippen LogP contribution in [0.3, 0.4) is 0 Å². The summed E-state index contributed by atoms with van der Waals surface area (Å²) in [5, 5.41) is 9.57. The van der Waals surface area contributed by atoms with Gasteiger partial charge in [0.05, 0.1) is 25.2 Å². The van der Waals surface area contributed by atoms with E-state index in [1.807, 2.05) is 35.2 Å². The highest BCUT2D eigenvalue weighted by atomic mass is 16.3. The molecule has 1 aliphatic heterocycles. The number of aliphatic hydroxyl groups is 1. The summed E-state index contributed by atoms with van der Waals surface area (Å²) in [6.07, 6.45) is 0. The molecule has 0 atom stereocenters. The van der Waals surface area contributed by atoms with Gasteiger partial charge in [0, 0.05) is 0 Å². The molecule has 4 nitrogen and oxygen atoms in total. The van der Waals surface area contributed by atoms with E-state index in [1.165, 1.54) is 0 Å². The van der Waals surface area contributed by atoms with Crippen molar-refractivity contribution in [2.45, 2.75) is 19.1 Å². The third kappa shape index (κ3) is 2.52. The highest BCUT2D eigenvalue weighted by Crippen LogP contribution is 2.18. The van der Waals surface area contributed by atoms with Crippen LogP contribution in [0.1, 0.15) is 12.5 Å². The van der Waals surface area contributed by atoms with Crippen molar-refractivity contribution in [2.75, 3.05) is 13.1 Å². The van der Waals surface area contributed by atoms with Gasteiger partial charge in [0.1, 0.15) is 0 Å². The van der Waals surface area contributed by atoms with Crippen molar-refractivity contribution in [1.29, 1.82) is 0 Å². The van der Waals surface area contributed by atoms with Crippen molar-refractivity contribution in [2.24, 2.45) is 10.7 Å². The fraction of sp³-hybridized carbons (Fsp3) is 0.417. The second-order valence-corrected chi connectivity index (χ2v) is 4.51. The zero-order chi connectivity index (χ0) is 11.6. The van der Waals surface area contributed by atoms with Crippen LogP contribution in [-0.4, -0.2) is 34.7 Å². The maximum Gasteiger partial charge on any atom is 0.191 e. The van der Waals surface area contributed by atoms with E-state index in [9.17, 15) is 5.11 Å². The Labute approximate surface area is 95.4 Å². The van der Waals surface area contributed by atoms with Gasteiger partial charge in [-0.25, -0.2) is 4.99 Å². The van der Waals surface area contributed by atoms with Gasteiger partial charge < -0.3 is 15.7 Å². The van der Waals surface area contributed by atoms with Gasteiger partial charge in [-0.2, -0.15) is 0 Å². The summed E-state index contributed by atoms with van der Waals surface area (Å²) < 4.78 is 0. The first kappa shape index (κ1) is 11.0. The molecule has 1 fully saturated rings. The first-order valence-corrected chi connectivity index (χ1v) is 5.38. The topological polar surface area (TPSA) is 61.8 Å². The molecule has 1 saturated heterocycles. The van der Waals surface area contributed by atoms with Crippen molar-refractivity contribution in [3.8, 4) is 0 Å². The molecule has 0 unspecified atom stereocenters. The molecule has 4 heteroatoms. The molecule has 1 aliphatic rings. The van der Waals surface area contributed by atoms with E-state index in [0.717, 1.165) is 5.56 Å². The van der Waals surface area contributed by atoms with Gasteiger partial charge in [-0.3, -0.25) is 0 Å². The molecule has 86 valence electrons. The molecule has 1 aromatic rings. The fourth-order valence-corrected chi connectivity index (χ4v) is 1.79. The summed E-state index contributed by atoms with van der Waals surface area (Å²) >= 11 is 0. The van der Waals surface area contributed by atoms with Crippen molar-refractivity contribution in [3.05, 3.63) is 35.9 Å². The lowest BCUT2D eigenvalue weighted by Crippen LogP contribution is -2.63. The number of hydrogen-bond donors (Lipinski definition) is 2. The van der Waals surface area contributed by atoms with E-state index in [0.29, 0.717) is 25.6 Å². The van der Waals surface area contributed by atoms with Gasteiger partial charge in [0.2, 0.25) is 0 Å². The molecular weight excluding hydrogens is 202 g/mol. The monoisotopic (exact) mass is 219 g/mol. The molecule has 3 N–H and O–H groups in total. The molecule has 0 saturated carbocycles. The number of guanidine groups is 1. The molecule has 2 rings (SSSR count). The van der Waals surface area contributed by atoms with Crippen LogP contribution in [0.15, 0.2) is 35.3 Å². The highest BCUT2D eigenvalue weighted by Gasteiger charge is 2.37. The van der Waals surface area contributed by atoms with Crippen molar-refractivity contribution in [3.63, 3.8) is 0 Å². The van der Waals surface area contributed by atoms with Crippen LogP contribution in [0, 0.1) is 0 Å². The van der Waals surface area contributed by atoms with Crippen LogP contribution >= 0.6 is 0 Å². The van der Waals surface area contributed by atoms with Crippen LogP contribution in [0.4, 0.5) is 0 Å². The Hall–Kier alpha value is -1.55. The Bertz CT molecular complexity index is 379. The maximum atomic E-state index is 9.57. The van der Waals surface area contributed by atoms with E-state index >= 15 is 0 Å². The van der Waals surface area contributed by atoms with E-state index in [-0.39, 0.29) is 0 Å². The summed E-state index contributed by atoms with van der Waals surface area (Å²) in [6, 6.07) is 9.97. The number of benzene rings is 1. The molecule has 0 spiro atoms. The van der Waals surface area contributed by atoms with E-state index in [1.54, 1.807) is 6.92 Å². The second-order valence-electron chi connectivity index (χ2n) is 4.51. The SMILES string of the molecule is CC1(O)CN(C(N)=NCc2ccccc2)C1. The molecule has 0 bridgehead atoms. The lowest BCUT2D eigenvalue weighted by molar-refractivity contribution is -0.0503. The molecule has 0 radical (unpaired) electrons. The van der Waals surface area contributed by atoms with Crippen LogP contribution < -0.4 is 5.73 Å². The summed E-state index contributed by atoms with van der Waals surface area (Å²) in [6.45, 7) is 3.52. The fourth-order valence-electron chi connectivity index (χ4n) is 1.79. The average molecular weight is 219 g/mol. The van der Waals surface area contributed by atoms with E-state index in [4.69, 9.17) is 5.73 Å². The molecule has 1 heterocycles. The van der Waals surface area contributed by atoms with Crippen molar-refractivity contribution in [1.82, 2.24) is 4.90 Å². The number of nitrogens with zero attached hydrogens (tertiary/aromatic N) is 2. The minimum absolute atomic E-state index is 0.510. The number of β-amino-alcohol motifs (C(OH)–C–C–N with tert-alkyl or cyclic N) is 1. The number of nitrogens with two attached hydrogens (primary N) is 1. The standard InChI is InChI=1S/C12H17N3O/c1-12(16)8-15(9-12)11(13)14-7-10-5-3-2-4-6-10/h2-6,16H,7-9H2,1H3,(H2,13,14). The third-order valence-electron chi connectivity index (χ3n) is 2.65. The van der Waals surface area contributed by atoms with Gasteiger partial charge in [-0.05, 0) is 12.5 Å². The Balaban J connectivity index is 1.89. The zero-order valence-corrected chi connectivity index (χ0v) is 9.43. The van der Waals surface area contributed by atoms with E-state index in [2.05, 4.69) is 4.99 Å². The third-order valence-corrected chi connectivity index (χ3v) is 2.65. The summed E-state index contributed by atoms with van der Waals surface area (Å²) in [5.74, 6) is 0.510. The lowest BCUT2D eigenvalue weighted by atomic mass is 9.98. The minimum atomic E-state index is -0.604. The average Bonchev–Trinajstić information content (AvgIpc) is 2.24. The van der Waals surface area contributed by atoms with Crippen LogP contribution in [0.5, 0.6) is 0 Å². The predicted molar refractivity (Wildman–Crippen MR) is 64.0 cm³/mol. The van der Waals surface area contributed by atoms with Crippen molar-refractivity contribution < 1.29 is 5.11 Å². The molecular formula is C12H17N3O. The molecule has 0 aliphatic carbocycles. The van der Waals surface area contributed by atoms with Gasteiger partial charge >= 0.3 is 0 Å². The van der Waals surface area contributed by atoms with Crippen LogP contribution in [0.2, 0.25) is 0 Å². The molecule has 0 amide bonds. The van der Waals surface area contributed by atoms with Gasteiger partial charge in [-0.1, -0.05) is 30.3 Å². The Morgan fingerprint density at radius 1 is 1.44 bits per heavy atom. The first-order chi connectivity index (χ1) is 7.57. The quantitative estimate of drug-likeness (QED) is 0.564. The zero-order valence-electron chi connectivity index (χ0n) is 9.43. The Kier molecular flexibility index (Phi) is 2.83. The van der Waals surface area contributed by atoms with Gasteiger partial charge in [0.15, 0.2) is 5.96 Å². The van der Waals surface area contributed by atoms with Crippen molar-refractivity contribution >= 4 is 5.96 Å². The predicted octanol–water partition coefficient (Wildman–Crippen LogP) is 0.568. The minimum Gasteiger partial charge on any atom is -0.386 e. The number of aliphatic imine (C=N–C) groups is 1. The van der Waals surface area contributed by atoms with E-state index < -0.39 is 5.60 Å². The molecule has 0 aromatic heterocycles. The lowest BCUT2D eigenvalue weighted by Gasteiger charge is -2.44. The highest BCUT2D eigenvalue weighted by molar-refractivity contribution is 5.79. The van der Waals surface area contributed by atoms with Crippen LogP contribution in [0.25, 0.3) is 0 Å². The molecule has 16 heavy (non-hydrogen) atoms. The summed E-state index contributed by atoms with van der Waals surface area (Å²) in [5.41, 5.74) is 6.35. The second kappa shape index (κ2) is 4.14. The van der Waals surface area contributed by atoms with Gasteiger partial charge in [-0.15, -0.1) is 0 Å². The summed E-state index contributed by atoms with van der Waals surface area (Å²) in [4.78, 5) is 6.17. The summed E-state index contributed by atoms with van der Waals surface area (Å²) in [7, 11) is 0. The maximum absolute atomic E-state index is 9.57. The smallest absolute Gasteiger partial charge is 0.191 e. The largest absolute Gasteiger partial charge is 0.386 e. The number of rotatable bonds is 2.